The first-order valence-electron chi connectivity index (χ1n) is 10.7. The third-order valence-corrected chi connectivity index (χ3v) is 6.60. The molecule has 2 aromatic rings. The van der Waals surface area contributed by atoms with Crippen molar-refractivity contribution < 1.29 is 4.79 Å². The molecule has 0 saturated carbocycles. The average molecular weight is 378 g/mol. The fourth-order valence-corrected chi connectivity index (χ4v) is 4.84. The summed E-state index contributed by atoms with van der Waals surface area (Å²) >= 11 is 0. The van der Waals surface area contributed by atoms with E-state index in [9.17, 15) is 4.79 Å². The predicted octanol–water partition coefficient (Wildman–Crippen LogP) is 3.81. The third-order valence-electron chi connectivity index (χ3n) is 6.60. The summed E-state index contributed by atoms with van der Waals surface area (Å²) in [5.74, 6) is 1.72. The van der Waals surface area contributed by atoms with E-state index < -0.39 is 0 Å². The fourth-order valence-electron chi connectivity index (χ4n) is 4.84. The van der Waals surface area contributed by atoms with E-state index in [2.05, 4.69) is 40.2 Å². The van der Waals surface area contributed by atoms with Crippen LogP contribution in [0.15, 0.2) is 48.7 Å². The van der Waals surface area contributed by atoms with Crippen LogP contribution < -0.4 is 0 Å². The van der Waals surface area contributed by atoms with Gasteiger partial charge < -0.3 is 9.80 Å². The summed E-state index contributed by atoms with van der Waals surface area (Å²) in [6, 6.07) is 14.6. The number of nitrogens with zero attached hydrogens (tertiary/aromatic N) is 3. The first kappa shape index (κ1) is 19.1. The Kier molecular flexibility index (Phi) is 6.06. The summed E-state index contributed by atoms with van der Waals surface area (Å²) in [7, 11) is 0. The number of pyridine rings is 1. The number of carbonyl (C=O) groups is 1. The summed E-state index contributed by atoms with van der Waals surface area (Å²) in [4.78, 5) is 21.7. The van der Waals surface area contributed by atoms with Gasteiger partial charge in [0.2, 0.25) is 0 Å². The number of hydrogen-bond donors (Lipinski definition) is 0. The lowest BCUT2D eigenvalue weighted by atomic mass is 9.83. The topological polar surface area (TPSA) is 36.4 Å². The maximum absolute atomic E-state index is 12.8. The minimum atomic E-state index is 0.153. The molecule has 28 heavy (non-hydrogen) atoms. The molecule has 2 saturated heterocycles. The van der Waals surface area contributed by atoms with E-state index in [0.717, 1.165) is 62.0 Å². The van der Waals surface area contributed by atoms with Crippen molar-refractivity contribution in [3.63, 3.8) is 0 Å². The van der Waals surface area contributed by atoms with Crippen LogP contribution in [0.5, 0.6) is 0 Å². The molecule has 2 aliphatic rings. The average Bonchev–Trinajstić information content (AvgIpc) is 3.22. The zero-order chi connectivity index (χ0) is 19.3. The van der Waals surface area contributed by atoms with Crippen LogP contribution in [-0.4, -0.2) is 53.4 Å². The highest BCUT2D eigenvalue weighted by molar-refractivity contribution is 5.95. The van der Waals surface area contributed by atoms with Crippen LogP contribution in [0.3, 0.4) is 0 Å². The van der Waals surface area contributed by atoms with Gasteiger partial charge in [0.1, 0.15) is 0 Å². The maximum atomic E-state index is 12.8. The minimum absolute atomic E-state index is 0.153. The quantitative estimate of drug-likeness (QED) is 0.795. The van der Waals surface area contributed by atoms with Crippen LogP contribution in [0.2, 0.25) is 0 Å². The second-order valence-corrected chi connectivity index (χ2v) is 8.35. The van der Waals surface area contributed by atoms with Crippen LogP contribution in [-0.2, 0) is 6.42 Å². The smallest absolute Gasteiger partial charge is 0.255 e. The summed E-state index contributed by atoms with van der Waals surface area (Å²) < 4.78 is 0. The molecule has 4 rings (SSSR count). The lowest BCUT2D eigenvalue weighted by molar-refractivity contribution is 0.0658. The molecule has 2 aliphatic heterocycles. The number of likely N-dealkylation sites (tertiary alicyclic amines) is 2. The zero-order valence-corrected chi connectivity index (χ0v) is 16.9. The Hall–Kier alpha value is -2.20. The number of rotatable bonds is 5. The van der Waals surface area contributed by atoms with Crippen LogP contribution in [0.25, 0.3) is 0 Å². The molecule has 1 atom stereocenters. The zero-order valence-electron chi connectivity index (χ0n) is 16.9. The summed E-state index contributed by atoms with van der Waals surface area (Å²) in [5.41, 5.74) is 3.02. The highest BCUT2D eigenvalue weighted by Gasteiger charge is 2.33. The Balaban J connectivity index is 1.24. The highest BCUT2D eigenvalue weighted by Crippen LogP contribution is 2.32. The van der Waals surface area contributed by atoms with Gasteiger partial charge in [0.25, 0.3) is 5.91 Å². The molecule has 0 aliphatic carbocycles. The van der Waals surface area contributed by atoms with Gasteiger partial charge in [-0.1, -0.05) is 30.3 Å². The molecule has 0 N–H and O–H groups in total. The van der Waals surface area contributed by atoms with Gasteiger partial charge in [-0.2, -0.15) is 0 Å². The number of hydrogen-bond acceptors (Lipinski definition) is 3. The van der Waals surface area contributed by atoms with Gasteiger partial charge in [-0.05, 0) is 68.7 Å². The molecule has 3 heterocycles. The molecule has 0 spiro atoms. The van der Waals surface area contributed by atoms with Crippen molar-refractivity contribution in [2.24, 2.45) is 11.8 Å². The summed E-state index contributed by atoms with van der Waals surface area (Å²) in [6.07, 6.45) is 6.49. The van der Waals surface area contributed by atoms with E-state index >= 15 is 0 Å². The Morgan fingerprint density at radius 3 is 2.50 bits per heavy atom. The van der Waals surface area contributed by atoms with Crippen molar-refractivity contribution >= 4 is 5.91 Å². The Morgan fingerprint density at radius 1 is 1.00 bits per heavy atom. The van der Waals surface area contributed by atoms with Crippen molar-refractivity contribution in [2.75, 3.05) is 32.7 Å². The molecule has 148 valence electrons. The lowest BCUT2D eigenvalue weighted by Gasteiger charge is -2.35. The van der Waals surface area contributed by atoms with Gasteiger partial charge in [0.05, 0.1) is 5.56 Å². The van der Waals surface area contributed by atoms with E-state index in [-0.39, 0.29) is 5.91 Å². The van der Waals surface area contributed by atoms with Crippen LogP contribution in [0.4, 0.5) is 0 Å². The van der Waals surface area contributed by atoms with E-state index in [1.54, 1.807) is 6.20 Å². The van der Waals surface area contributed by atoms with Crippen LogP contribution in [0, 0.1) is 18.8 Å². The molecule has 4 heteroatoms. The summed E-state index contributed by atoms with van der Waals surface area (Å²) in [5, 5.41) is 0. The number of amides is 1. The summed E-state index contributed by atoms with van der Waals surface area (Å²) in [6.45, 7) is 7.32. The number of carbonyl (C=O) groups excluding carboxylic acids is 1. The first-order chi connectivity index (χ1) is 13.7. The number of benzene rings is 1. The SMILES string of the molecule is Cc1ncccc1C(=O)N1CCC([C@@H]2CCN(CCc3ccccc3)C2)CC1. The van der Waals surface area contributed by atoms with E-state index in [0.29, 0.717) is 0 Å². The molecule has 0 radical (unpaired) electrons. The van der Waals surface area contributed by atoms with Gasteiger partial charge in [0, 0.05) is 38.1 Å². The van der Waals surface area contributed by atoms with E-state index in [4.69, 9.17) is 0 Å². The van der Waals surface area contributed by atoms with Crippen molar-refractivity contribution in [3.05, 3.63) is 65.5 Å². The third kappa shape index (κ3) is 4.44. The molecule has 2 fully saturated rings. The number of piperidine rings is 1. The predicted molar refractivity (Wildman–Crippen MR) is 112 cm³/mol. The molecule has 1 amide bonds. The van der Waals surface area contributed by atoms with Gasteiger partial charge in [-0.3, -0.25) is 9.78 Å². The molecular formula is C24H31N3O. The van der Waals surface area contributed by atoms with Crippen molar-refractivity contribution in [3.8, 4) is 0 Å². The maximum Gasteiger partial charge on any atom is 0.255 e. The molecular weight excluding hydrogens is 346 g/mol. The van der Waals surface area contributed by atoms with Crippen molar-refractivity contribution in [2.45, 2.75) is 32.6 Å². The van der Waals surface area contributed by atoms with E-state index in [1.165, 1.54) is 25.1 Å². The van der Waals surface area contributed by atoms with Crippen LogP contribution in [0.1, 0.15) is 40.9 Å². The van der Waals surface area contributed by atoms with E-state index in [1.807, 2.05) is 24.0 Å². The molecule has 0 bridgehead atoms. The minimum Gasteiger partial charge on any atom is -0.339 e. The van der Waals surface area contributed by atoms with Crippen molar-refractivity contribution in [1.29, 1.82) is 0 Å². The standard InChI is InChI=1S/C24H31N3O/c1-19-23(8-5-13-25-19)24(28)27-16-11-21(12-17-27)22-10-15-26(18-22)14-9-20-6-3-2-4-7-20/h2-8,13,21-22H,9-12,14-18H2,1H3/t22-/m1/s1. The second kappa shape index (κ2) is 8.87. The van der Waals surface area contributed by atoms with Gasteiger partial charge in [-0.25, -0.2) is 0 Å². The molecule has 1 aromatic carbocycles. The van der Waals surface area contributed by atoms with Gasteiger partial charge >= 0.3 is 0 Å². The first-order valence-corrected chi connectivity index (χ1v) is 10.7. The lowest BCUT2D eigenvalue weighted by Crippen LogP contribution is -2.40. The Labute approximate surface area is 168 Å². The normalized spacial score (nSPS) is 21.2. The fraction of sp³-hybridized carbons (Fsp3) is 0.500. The van der Waals surface area contributed by atoms with Gasteiger partial charge in [-0.15, -0.1) is 0 Å². The molecule has 4 nitrogen and oxygen atoms in total. The Morgan fingerprint density at radius 2 is 1.75 bits per heavy atom. The highest BCUT2D eigenvalue weighted by atomic mass is 16.2. The van der Waals surface area contributed by atoms with Crippen LogP contribution >= 0.6 is 0 Å². The Bertz CT molecular complexity index is 783. The van der Waals surface area contributed by atoms with Crippen molar-refractivity contribution in [1.82, 2.24) is 14.8 Å². The largest absolute Gasteiger partial charge is 0.339 e. The number of aryl methyl sites for hydroxylation is 1. The molecule has 1 aromatic heterocycles. The molecule has 0 unspecified atom stereocenters. The second-order valence-electron chi connectivity index (χ2n) is 8.35. The monoisotopic (exact) mass is 377 g/mol. The number of aromatic nitrogens is 1. The van der Waals surface area contributed by atoms with Gasteiger partial charge in [0.15, 0.2) is 0 Å².